The SMILES string of the molecule is COc1cc2c(nc(C)n2C)c2c1-c1cccn3c(C(=O)c4cc(F)c(NC(=O)/C=C/CNC5CCC(OC)CC5)c(F)c4)cc(c13)CCN2C. The van der Waals surface area contributed by atoms with Gasteiger partial charge in [0.15, 0.2) is 0 Å². The van der Waals surface area contributed by atoms with Crippen LogP contribution in [0.4, 0.5) is 20.2 Å². The van der Waals surface area contributed by atoms with Crippen molar-refractivity contribution >= 4 is 39.6 Å². The molecule has 4 heterocycles. The molecule has 2 N–H and O–H groups in total. The third-order valence-electron chi connectivity index (χ3n) is 10.4. The van der Waals surface area contributed by atoms with Crippen molar-refractivity contribution in [3.63, 3.8) is 0 Å². The number of nitrogens with one attached hydrogen (secondary N) is 2. The number of carbonyl (C=O) groups excluding carboxylic acids is 2. The Kier molecular flexibility index (Phi) is 9.38. The molecule has 1 fully saturated rings. The van der Waals surface area contributed by atoms with Crippen LogP contribution in [0, 0.1) is 18.6 Å². The van der Waals surface area contributed by atoms with Gasteiger partial charge in [-0.1, -0.05) is 12.1 Å². The van der Waals surface area contributed by atoms with Crippen LogP contribution in [0.15, 0.2) is 54.7 Å². The summed E-state index contributed by atoms with van der Waals surface area (Å²) in [4.78, 5) is 33.6. The van der Waals surface area contributed by atoms with Crippen molar-refractivity contribution in [1.82, 2.24) is 19.3 Å². The first-order chi connectivity index (χ1) is 24.6. The fourth-order valence-electron chi connectivity index (χ4n) is 7.54. The summed E-state index contributed by atoms with van der Waals surface area (Å²) >= 11 is 0. The van der Waals surface area contributed by atoms with Gasteiger partial charge in [-0.15, -0.1) is 0 Å². The Morgan fingerprint density at radius 1 is 1.06 bits per heavy atom. The van der Waals surface area contributed by atoms with Gasteiger partial charge in [0.1, 0.15) is 34.4 Å². The van der Waals surface area contributed by atoms with Gasteiger partial charge < -0.3 is 34.0 Å². The van der Waals surface area contributed by atoms with E-state index in [4.69, 9.17) is 14.5 Å². The molecule has 1 aliphatic heterocycles. The molecule has 2 aliphatic rings. The summed E-state index contributed by atoms with van der Waals surface area (Å²) in [5, 5.41) is 5.67. The molecule has 0 bridgehead atoms. The Bertz CT molecular complexity index is 2170. The number of hydrogen-bond acceptors (Lipinski definition) is 7. The number of halogens is 2. The number of carbonyl (C=O) groups is 2. The molecule has 1 amide bonds. The molecule has 10 nitrogen and oxygen atoms in total. The smallest absolute Gasteiger partial charge is 0.248 e. The highest BCUT2D eigenvalue weighted by Gasteiger charge is 2.29. The fourth-order valence-corrected chi connectivity index (χ4v) is 7.54. The zero-order valence-electron chi connectivity index (χ0n) is 29.5. The number of aryl methyl sites for hydroxylation is 2. The molecule has 1 aliphatic carbocycles. The maximum absolute atomic E-state index is 15.4. The summed E-state index contributed by atoms with van der Waals surface area (Å²) in [6, 6.07) is 9.88. The summed E-state index contributed by atoms with van der Waals surface area (Å²) in [7, 11) is 7.35. The number of amides is 1. The number of methoxy groups -OCH3 is 2. The molecule has 0 saturated heterocycles. The number of hydrogen-bond donors (Lipinski definition) is 2. The zero-order chi connectivity index (χ0) is 36.0. The summed E-state index contributed by atoms with van der Waals surface area (Å²) < 4.78 is 45.9. The van der Waals surface area contributed by atoms with Crippen molar-refractivity contribution in [2.24, 2.45) is 7.05 Å². The van der Waals surface area contributed by atoms with Gasteiger partial charge in [0.2, 0.25) is 11.7 Å². The molecule has 12 heteroatoms. The number of aromatic nitrogens is 3. The second-order valence-electron chi connectivity index (χ2n) is 13.4. The van der Waals surface area contributed by atoms with Gasteiger partial charge in [-0.25, -0.2) is 13.8 Å². The molecule has 5 aromatic rings. The van der Waals surface area contributed by atoms with E-state index < -0.39 is 29.0 Å². The lowest BCUT2D eigenvalue weighted by atomic mass is 9.93. The van der Waals surface area contributed by atoms with Gasteiger partial charge in [-0.3, -0.25) is 9.59 Å². The first-order valence-corrected chi connectivity index (χ1v) is 17.3. The van der Waals surface area contributed by atoms with E-state index in [1.807, 2.05) is 43.8 Å². The maximum Gasteiger partial charge on any atom is 0.248 e. The van der Waals surface area contributed by atoms with E-state index in [1.54, 1.807) is 37.0 Å². The van der Waals surface area contributed by atoms with E-state index in [0.717, 1.165) is 82.6 Å². The molecule has 266 valence electrons. The minimum absolute atomic E-state index is 0.169. The summed E-state index contributed by atoms with van der Waals surface area (Å²) in [6.07, 6.45) is 9.48. The number of benzene rings is 2. The van der Waals surface area contributed by atoms with Crippen LogP contribution in [0.2, 0.25) is 0 Å². The third-order valence-corrected chi connectivity index (χ3v) is 10.4. The minimum atomic E-state index is -1.04. The van der Waals surface area contributed by atoms with Crippen LogP contribution in [0.1, 0.15) is 53.1 Å². The highest BCUT2D eigenvalue weighted by molar-refractivity contribution is 6.11. The standard InChI is InChI=1S/C39H42F2N6O4/c1-22-43-36-30(46(22)3)21-32(51-5)34-27-8-7-16-47-31(20-23(37(27)47)14-17-45(2)38(34)36)39(49)24-18-28(40)35(29(41)19-24)44-33(48)9-6-15-42-25-10-12-26(50-4)13-11-25/h6-9,16,18-21,25-26,42H,10-15,17H2,1-5H3,(H,44,48)/b9-6+. The van der Waals surface area contributed by atoms with Crippen LogP contribution in [-0.2, 0) is 23.0 Å². The van der Waals surface area contributed by atoms with Crippen LogP contribution in [0.5, 0.6) is 5.75 Å². The number of pyridine rings is 1. The summed E-state index contributed by atoms with van der Waals surface area (Å²) in [5.74, 6) is -1.76. The van der Waals surface area contributed by atoms with Crippen molar-refractivity contribution < 1.29 is 27.8 Å². The third kappa shape index (κ3) is 6.27. The summed E-state index contributed by atoms with van der Waals surface area (Å²) in [6.45, 7) is 3.04. The van der Waals surface area contributed by atoms with E-state index in [2.05, 4.69) is 15.5 Å². The number of anilines is 2. The monoisotopic (exact) mass is 696 g/mol. The lowest BCUT2D eigenvalue weighted by Crippen LogP contribution is -2.35. The van der Waals surface area contributed by atoms with Crippen molar-refractivity contribution in [3.05, 3.63) is 89.0 Å². The van der Waals surface area contributed by atoms with Crippen LogP contribution >= 0.6 is 0 Å². The first-order valence-electron chi connectivity index (χ1n) is 17.3. The highest BCUT2D eigenvalue weighted by Crippen LogP contribution is 2.47. The second kappa shape index (κ2) is 13.9. The lowest BCUT2D eigenvalue weighted by molar-refractivity contribution is -0.112. The number of ketones is 1. The Morgan fingerprint density at radius 3 is 2.51 bits per heavy atom. The number of imidazole rings is 1. The van der Waals surface area contributed by atoms with Gasteiger partial charge in [-0.05, 0) is 68.9 Å². The fraction of sp³-hybridized carbons (Fsp3) is 0.359. The molecule has 2 aromatic carbocycles. The van der Waals surface area contributed by atoms with E-state index in [-0.39, 0.29) is 11.3 Å². The molecular weight excluding hydrogens is 654 g/mol. The van der Waals surface area contributed by atoms with Crippen molar-refractivity contribution in [1.29, 1.82) is 0 Å². The van der Waals surface area contributed by atoms with E-state index in [1.165, 1.54) is 6.08 Å². The molecule has 0 unspecified atom stereocenters. The minimum Gasteiger partial charge on any atom is -0.496 e. The Hall–Kier alpha value is -5.07. The Morgan fingerprint density at radius 2 is 1.80 bits per heavy atom. The predicted molar refractivity (Wildman–Crippen MR) is 194 cm³/mol. The number of ether oxygens (including phenoxy) is 2. The first kappa shape index (κ1) is 34.4. The Balaban J connectivity index is 1.16. The van der Waals surface area contributed by atoms with Crippen molar-refractivity contribution in [2.45, 2.75) is 51.2 Å². The van der Waals surface area contributed by atoms with Crippen LogP contribution in [-0.4, -0.2) is 72.1 Å². The molecule has 1 saturated carbocycles. The average molecular weight is 697 g/mol. The molecule has 51 heavy (non-hydrogen) atoms. The normalized spacial score (nSPS) is 17.5. The van der Waals surface area contributed by atoms with Crippen molar-refractivity contribution in [2.75, 3.05) is 44.6 Å². The molecule has 3 aromatic heterocycles. The van der Waals surface area contributed by atoms with E-state index >= 15 is 8.78 Å². The summed E-state index contributed by atoms with van der Waals surface area (Å²) in [5.41, 5.74) is 5.66. The van der Waals surface area contributed by atoms with Gasteiger partial charge in [0, 0.05) is 69.8 Å². The van der Waals surface area contributed by atoms with Crippen LogP contribution < -0.4 is 20.3 Å². The van der Waals surface area contributed by atoms with Gasteiger partial charge in [-0.2, -0.15) is 0 Å². The quantitative estimate of drug-likeness (QED) is 0.137. The zero-order valence-corrected chi connectivity index (χ0v) is 29.5. The molecule has 0 atom stereocenters. The average Bonchev–Trinajstić information content (AvgIpc) is 3.64. The van der Waals surface area contributed by atoms with Crippen LogP contribution in [0.3, 0.4) is 0 Å². The van der Waals surface area contributed by atoms with Gasteiger partial charge in [0.25, 0.3) is 0 Å². The number of nitrogens with zero attached hydrogens (tertiary/aromatic N) is 4. The topological polar surface area (TPSA) is 102 Å². The maximum atomic E-state index is 15.4. The van der Waals surface area contributed by atoms with E-state index in [0.29, 0.717) is 37.4 Å². The second-order valence-corrected chi connectivity index (χ2v) is 13.4. The molecular formula is C39H42F2N6O4. The number of likely N-dealkylation sites (N-methyl/N-ethyl adjacent to an activating group) is 1. The molecule has 7 rings (SSSR count). The molecule has 0 radical (unpaired) electrons. The number of rotatable bonds is 9. The van der Waals surface area contributed by atoms with Gasteiger partial charge in [0.05, 0.1) is 41.2 Å². The van der Waals surface area contributed by atoms with Crippen molar-refractivity contribution in [3.8, 4) is 16.9 Å². The molecule has 0 spiro atoms. The van der Waals surface area contributed by atoms with E-state index in [9.17, 15) is 9.59 Å². The van der Waals surface area contributed by atoms with Gasteiger partial charge >= 0.3 is 0 Å². The predicted octanol–water partition coefficient (Wildman–Crippen LogP) is 6.35. The Labute approximate surface area is 295 Å². The largest absolute Gasteiger partial charge is 0.496 e. The lowest BCUT2D eigenvalue weighted by Gasteiger charge is -2.27. The highest BCUT2D eigenvalue weighted by atomic mass is 19.1. The number of fused-ring (bicyclic) bond motifs is 4. The van der Waals surface area contributed by atoms with Crippen LogP contribution in [0.25, 0.3) is 27.7 Å².